The van der Waals surface area contributed by atoms with Crippen molar-refractivity contribution < 1.29 is 14.3 Å². The van der Waals surface area contributed by atoms with E-state index in [1.54, 1.807) is 17.3 Å². The summed E-state index contributed by atoms with van der Waals surface area (Å²) < 4.78 is 12.2. The van der Waals surface area contributed by atoms with E-state index in [1.165, 1.54) is 30.2 Å². The van der Waals surface area contributed by atoms with Gasteiger partial charge in [0, 0.05) is 36.9 Å². The third kappa shape index (κ3) is 7.61. The van der Waals surface area contributed by atoms with E-state index in [4.69, 9.17) is 14.5 Å². The minimum atomic E-state index is -0.528. The van der Waals surface area contributed by atoms with Gasteiger partial charge in [0.25, 0.3) is 0 Å². The van der Waals surface area contributed by atoms with E-state index in [0.717, 1.165) is 41.5 Å². The monoisotopic (exact) mass is 581 g/mol. The smallest absolute Gasteiger partial charge is 0.410 e. The van der Waals surface area contributed by atoms with Crippen molar-refractivity contribution in [1.29, 1.82) is 0 Å². The molecule has 1 saturated heterocycles. The molecule has 0 radical (unpaired) electrons. The van der Waals surface area contributed by atoms with E-state index in [0.29, 0.717) is 30.6 Å². The molecule has 43 heavy (non-hydrogen) atoms. The number of piperidine rings is 1. The fraction of sp³-hybridized carbons (Fsp3) is 0.429. The number of hydrogen-bond acceptors (Lipinski definition) is 7. The number of amides is 1. The molecule has 1 fully saturated rings. The van der Waals surface area contributed by atoms with Crippen LogP contribution in [0.4, 0.5) is 10.7 Å². The molecule has 8 heteroatoms. The Hall–Kier alpha value is -4.20. The summed E-state index contributed by atoms with van der Waals surface area (Å²) >= 11 is 0. The zero-order valence-electron chi connectivity index (χ0n) is 26.0. The van der Waals surface area contributed by atoms with Crippen LogP contribution in [-0.2, 0) is 11.2 Å². The number of rotatable bonds is 9. The van der Waals surface area contributed by atoms with Crippen LogP contribution in [0.2, 0.25) is 0 Å². The van der Waals surface area contributed by atoms with Crippen molar-refractivity contribution in [1.82, 2.24) is 19.9 Å². The maximum absolute atomic E-state index is 12.6. The molecule has 0 unspecified atom stereocenters. The molecular weight excluding hydrogens is 538 g/mol. The second-order valence-electron chi connectivity index (χ2n) is 12.3. The largest absolute Gasteiger partial charge is 0.444 e. The molecule has 1 aliphatic rings. The molecule has 1 atom stereocenters. The summed E-state index contributed by atoms with van der Waals surface area (Å²) in [5.74, 6) is 1.81. The summed E-state index contributed by atoms with van der Waals surface area (Å²) in [6, 6.07) is 16.5. The molecule has 0 bridgehead atoms. The Morgan fingerprint density at radius 1 is 1.02 bits per heavy atom. The highest BCUT2D eigenvalue weighted by Crippen LogP contribution is 2.37. The quantitative estimate of drug-likeness (QED) is 0.199. The Kier molecular flexibility index (Phi) is 9.43. The molecule has 3 heterocycles. The number of aromatic nitrogens is 3. The molecule has 8 nitrogen and oxygen atoms in total. The van der Waals surface area contributed by atoms with Crippen molar-refractivity contribution in [2.45, 2.75) is 84.8 Å². The molecule has 0 saturated carbocycles. The fourth-order valence-electron chi connectivity index (χ4n) is 5.54. The van der Waals surface area contributed by atoms with E-state index >= 15 is 0 Å². The van der Waals surface area contributed by atoms with Crippen LogP contribution in [0.5, 0.6) is 11.6 Å². The lowest BCUT2D eigenvalue weighted by Crippen LogP contribution is -2.47. The van der Waals surface area contributed by atoms with Gasteiger partial charge >= 0.3 is 6.09 Å². The Morgan fingerprint density at radius 2 is 1.88 bits per heavy atom. The van der Waals surface area contributed by atoms with Crippen molar-refractivity contribution >= 4 is 22.8 Å². The average molecular weight is 582 g/mol. The first-order valence-corrected chi connectivity index (χ1v) is 15.4. The minimum absolute atomic E-state index is 0.0194. The number of aryl methyl sites for hydroxylation is 2. The number of nitrogens with one attached hydrogen (secondary N) is 1. The SMILES string of the molecule is CCCCCc1cccc2c(Oc3ncccc3-c3ccnc(N[C@H]4CCCN(C(=O)OC(C)(C)C)C4)n3)c(C)ccc12. The topological polar surface area (TPSA) is 89.5 Å². The van der Waals surface area contributed by atoms with E-state index in [1.807, 2.05) is 39.0 Å². The number of unbranched alkanes of at least 4 members (excludes halogenated alkanes) is 2. The third-order valence-electron chi connectivity index (χ3n) is 7.66. The molecule has 5 rings (SSSR count). The van der Waals surface area contributed by atoms with Crippen LogP contribution in [0.3, 0.4) is 0 Å². The maximum atomic E-state index is 12.6. The summed E-state index contributed by atoms with van der Waals surface area (Å²) in [5.41, 5.74) is 3.35. The Bertz CT molecular complexity index is 1570. The van der Waals surface area contributed by atoms with Gasteiger partial charge in [0.05, 0.1) is 11.3 Å². The number of likely N-dealkylation sites (tertiary alicyclic amines) is 1. The van der Waals surface area contributed by atoms with Gasteiger partial charge < -0.3 is 19.7 Å². The highest BCUT2D eigenvalue weighted by atomic mass is 16.6. The summed E-state index contributed by atoms with van der Waals surface area (Å²) in [6.45, 7) is 11.2. The lowest BCUT2D eigenvalue weighted by Gasteiger charge is -2.34. The van der Waals surface area contributed by atoms with Crippen LogP contribution < -0.4 is 10.1 Å². The van der Waals surface area contributed by atoms with Crippen molar-refractivity contribution in [3.05, 3.63) is 72.1 Å². The Balaban J connectivity index is 1.37. The van der Waals surface area contributed by atoms with Gasteiger partial charge in [-0.05, 0) is 88.1 Å². The van der Waals surface area contributed by atoms with Crippen LogP contribution in [-0.4, -0.2) is 50.7 Å². The van der Waals surface area contributed by atoms with Crippen molar-refractivity contribution in [3.63, 3.8) is 0 Å². The number of carbonyl (C=O) groups is 1. The highest BCUT2D eigenvalue weighted by molar-refractivity contribution is 5.92. The summed E-state index contributed by atoms with van der Waals surface area (Å²) in [5, 5.41) is 5.74. The number of pyridine rings is 1. The third-order valence-corrected chi connectivity index (χ3v) is 7.66. The van der Waals surface area contributed by atoms with Crippen molar-refractivity contribution in [2.75, 3.05) is 18.4 Å². The second kappa shape index (κ2) is 13.4. The van der Waals surface area contributed by atoms with Crippen molar-refractivity contribution in [2.24, 2.45) is 0 Å². The fourth-order valence-corrected chi connectivity index (χ4v) is 5.54. The first-order valence-electron chi connectivity index (χ1n) is 15.4. The molecule has 4 aromatic rings. The van der Waals surface area contributed by atoms with Gasteiger partial charge in [0.2, 0.25) is 11.8 Å². The normalized spacial score (nSPS) is 15.4. The van der Waals surface area contributed by atoms with Crippen LogP contribution in [0, 0.1) is 6.92 Å². The summed E-state index contributed by atoms with van der Waals surface area (Å²) in [6.07, 6.45) is 9.63. The van der Waals surface area contributed by atoms with Crippen LogP contribution in [0.25, 0.3) is 22.0 Å². The predicted molar refractivity (Wildman–Crippen MR) is 172 cm³/mol. The Morgan fingerprint density at radius 3 is 2.70 bits per heavy atom. The van der Waals surface area contributed by atoms with Gasteiger partial charge in [0.15, 0.2) is 0 Å². The molecule has 2 aromatic carbocycles. The van der Waals surface area contributed by atoms with Crippen molar-refractivity contribution in [3.8, 4) is 22.9 Å². The lowest BCUT2D eigenvalue weighted by atomic mass is 9.97. The van der Waals surface area contributed by atoms with Crippen LogP contribution in [0.15, 0.2) is 60.9 Å². The zero-order chi connectivity index (χ0) is 30.4. The standard InChI is InChI=1S/C35H43N5O3/c1-6-7-8-12-25-13-9-15-28-27(25)18-17-24(2)31(28)42-32-29(16-10-20-36-32)30-19-21-37-33(39-30)38-26-14-11-22-40(23-26)34(41)43-35(3,4)5/h9-10,13,15-21,26H,6-8,11-12,14,22-23H2,1-5H3,(H,37,38,39)/t26-/m0/s1. The van der Waals surface area contributed by atoms with Gasteiger partial charge in [-0.25, -0.2) is 19.7 Å². The average Bonchev–Trinajstić information content (AvgIpc) is 2.98. The molecule has 0 aliphatic carbocycles. The lowest BCUT2D eigenvalue weighted by molar-refractivity contribution is 0.0206. The summed E-state index contributed by atoms with van der Waals surface area (Å²) in [4.78, 5) is 28.3. The van der Waals surface area contributed by atoms with E-state index < -0.39 is 5.60 Å². The number of ether oxygens (including phenoxy) is 2. The number of benzene rings is 2. The maximum Gasteiger partial charge on any atom is 0.410 e. The Labute approximate surface area is 254 Å². The van der Waals surface area contributed by atoms with Gasteiger partial charge in [-0.15, -0.1) is 0 Å². The van der Waals surface area contributed by atoms with E-state index in [9.17, 15) is 4.79 Å². The van der Waals surface area contributed by atoms with Gasteiger partial charge in [0.1, 0.15) is 11.4 Å². The zero-order valence-corrected chi connectivity index (χ0v) is 26.0. The first kappa shape index (κ1) is 30.3. The predicted octanol–water partition coefficient (Wildman–Crippen LogP) is 8.34. The molecule has 1 N–H and O–H groups in total. The van der Waals surface area contributed by atoms with Gasteiger partial charge in [-0.3, -0.25) is 0 Å². The second-order valence-corrected chi connectivity index (χ2v) is 12.3. The molecule has 0 spiro atoms. The number of carbonyl (C=O) groups excluding carboxylic acids is 1. The van der Waals surface area contributed by atoms with Crippen LogP contribution in [0.1, 0.15) is 70.9 Å². The molecular formula is C35H43N5O3. The van der Waals surface area contributed by atoms with Gasteiger partial charge in [-0.1, -0.05) is 50.1 Å². The molecule has 226 valence electrons. The molecule has 1 aliphatic heterocycles. The first-order chi connectivity index (χ1) is 20.7. The molecule has 2 aromatic heterocycles. The minimum Gasteiger partial charge on any atom is -0.444 e. The van der Waals surface area contributed by atoms with E-state index in [2.05, 4.69) is 59.5 Å². The number of hydrogen-bond donors (Lipinski definition) is 1. The number of fused-ring (bicyclic) bond motifs is 1. The van der Waals surface area contributed by atoms with Crippen LogP contribution >= 0.6 is 0 Å². The number of anilines is 1. The number of nitrogens with zero attached hydrogens (tertiary/aromatic N) is 4. The summed E-state index contributed by atoms with van der Waals surface area (Å²) in [7, 11) is 0. The highest BCUT2D eigenvalue weighted by Gasteiger charge is 2.28. The van der Waals surface area contributed by atoms with E-state index in [-0.39, 0.29) is 12.1 Å². The molecule has 1 amide bonds. The van der Waals surface area contributed by atoms with Gasteiger partial charge in [-0.2, -0.15) is 0 Å².